The summed E-state index contributed by atoms with van der Waals surface area (Å²) in [6.07, 6.45) is 6.71. The minimum atomic E-state index is 1.08. The summed E-state index contributed by atoms with van der Waals surface area (Å²) < 4.78 is 0. The normalized spacial score (nSPS) is 14.4. The zero-order valence-corrected chi connectivity index (χ0v) is 8.03. The highest BCUT2D eigenvalue weighted by Crippen LogP contribution is 2.25. The lowest BCUT2D eigenvalue weighted by molar-refractivity contribution is 0.863. The molecule has 0 N–H and O–H groups in total. The van der Waals surface area contributed by atoms with Crippen LogP contribution in [-0.4, -0.2) is 6.54 Å². The number of rotatable bonds is 2. The number of allylic oxidation sites excluding steroid dienone is 1. The van der Waals surface area contributed by atoms with E-state index in [0.29, 0.717) is 0 Å². The van der Waals surface area contributed by atoms with E-state index in [0.717, 1.165) is 13.0 Å². The van der Waals surface area contributed by atoms with Gasteiger partial charge in [0, 0.05) is 18.4 Å². The first-order chi connectivity index (χ1) is 6.42. The molecular weight excluding hydrogens is 158 g/mol. The molecule has 1 aliphatic rings. The molecule has 0 spiro atoms. The lowest BCUT2D eigenvalue weighted by Gasteiger charge is -2.25. The molecule has 2 rings (SSSR count). The first-order valence-corrected chi connectivity index (χ1v) is 4.93. The Labute approximate surface area is 79.7 Å². The Kier molecular flexibility index (Phi) is 2.35. The van der Waals surface area contributed by atoms with Crippen molar-refractivity contribution in [3.63, 3.8) is 0 Å². The molecule has 1 heteroatoms. The van der Waals surface area contributed by atoms with Crippen molar-refractivity contribution in [2.75, 3.05) is 11.4 Å². The van der Waals surface area contributed by atoms with Gasteiger partial charge in [-0.2, -0.15) is 0 Å². The summed E-state index contributed by atoms with van der Waals surface area (Å²) in [5.74, 6) is 0. The maximum Gasteiger partial charge on any atom is 0.0441 e. The molecule has 0 amide bonds. The van der Waals surface area contributed by atoms with Gasteiger partial charge in [0.05, 0.1) is 0 Å². The van der Waals surface area contributed by atoms with Gasteiger partial charge in [-0.25, -0.2) is 0 Å². The molecule has 0 aromatic heterocycles. The molecule has 0 saturated carbocycles. The fourth-order valence-corrected chi connectivity index (χ4v) is 1.79. The highest BCUT2D eigenvalue weighted by molar-refractivity contribution is 5.58. The van der Waals surface area contributed by atoms with E-state index in [9.17, 15) is 0 Å². The first-order valence-electron chi connectivity index (χ1n) is 4.93. The Morgan fingerprint density at radius 1 is 1.31 bits per heavy atom. The minimum absolute atomic E-state index is 1.08. The third kappa shape index (κ3) is 1.59. The zero-order chi connectivity index (χ0) is 9.10. The van der Waals surface area contributed by atoms with Crippen LogP contribution >= 0.6 is 0 Å². The van der Waals surface area contributed by atoms with E-state index >= 15 is 0 Å². The second-order valence-corrected chi connectivity index (χ2v) is 3.41. The summed E-state index contributed by atoms with van der Waals surface area (Å²) in [7, 11) is 0. The Morgan fingerprint density at radius 3 is 3.00 bits per heavy atom. The van der Waals surface area contributed by atoms with Crippen LogP contribution in [0.2, 0.25) is 0 Å². The predicted molar refractivity (Wildman–Crippen MR) is 56.9 cm³/mol. The fourth-order valence-electron chi connectivity index (χ4n) is 1.79. The smallest absolute Gasteiger partial charge is 0.0441 e. The SMILES string of the molecule is CCCN1C=CCc2ccccc21. The molecule has 13 heavy (non-hydrogen) atoms. The van der Waals surface area contributed by atoms with Gasteiger partial charge in [-0.15, -0.1) is 0 Å². The fraction of sp³-hybridized carbons (Fsp3) is 0.333. The average Bonchev–Trinajstić information content (AvgIpc) is 2.19. The number of nitrogens with zero attached hydrogens (tertiary/aromatic N) is 1. The highest BCUT2D eigenvalue weighted by atomic mass is 15.1. The van der Waals surface area contributed by atoms with Gasteiger partial charge in [-0.1, -0.05) is 31.2 Å². The monoisotopic (exact) mass is 173 g/mol. The van der Waals surface area contributed by atoms with Crippen LogP contribution in [0.15, 0.2) is 36.5 Å². The molecule has 1 aromatic rings. The van der Waals surface area contributed by atoms with Crippen molar-refractivity contribution >= 4 is 5.69 Å². The molecule has 0 aliphatic carbocycles. The molecule has 68 valence electrons. The van der Waals surface area contributed by atoms with Crippen LogP contribution in [0.1, 0.15) is 18.9 Å². The molecule has 1 aromatic carbocycles. The van der Waals surface area contributed by atoms with Gasteiger partial charge in [-0.05, 0) is 24.5 Å². The quantitative estimate of drug-likeness (QED) is 0.664. The van der Waals surface area contributed by atoms with Gasteiger partial charge in [0.2, 0.25) is 0 Å². The van der Waals surface area contributed by atoms with Gasteiger partial charge >= 0.3 is 0 Å². The van der Waals surface area contributed by atoms with E-state index in [2.05, 4.69) is 48.4 Å². The molecule has 0 radical (unpaired) electrons. The van der Waals surface area contributed by atoms with Crippen molar-refractivity contribution < 1.29 is 0 Å². The van der Waals surface area contributed by atoms with Crippen LogP contribution in [0.4, 0.5) is 5.69 Å². The Balaban J connectivity index is 2.31. The number of fused-ring (bicyclic) bond motifs is 1. The van der Waals surface area contributed by atoms with Crippen molar-refractivity contribution in [3.8, 4) is 0 Å². The van der Waals surface area contributed by atoms with Crippen molar-refractivity contribution in [2.45, 2.75) is 19.8 Å². The van der Waals surface area contributed by atoms with Gasteiger partial charge in [0.25, 0.3) is 0 Å². The Morgan fingerprint density at radius 2 is 2.15 bits per heavy atom. The van der Waals surface area contributed by atoms with Gasteiger partial charge in [-0.3, -0.25) is 0 Å². The molecule has 1 heterocycles. The molecular formula is C12H15N. The summed E-state index contributed by atoms with van der Waals surface area (Å²) in [5.41, 5.74) is 2.82. The van der Waals surface area contributed by atoms with Crippen LogP contribution in [0.5, 0.6) is 0 Å². The zero-order valence-electron chi connectivity index (χ0n) is 8.03. The second kappa shape index (κ2) is 3.65. The third-order valence-corrected chi connectivity index (χ3v) is 2.39. The van der Waals surface area contributed by atoms with Crippen molar-refractivity contribution in [1.29, 1.82) is 0 Å². The predicted octanol–water partition coefficient (Wildman–Crippen LogP) is 2.97. The lowest BCUT2D eigenvalue weighted by Crippen LogP contribution is -2.20. The minimum Gasteiger partial charge on any atom is -0.348 e. The van der Waals surface area contributed by atoms with E-state index in [1.807, 2.05) is 0 Å². The summed E-state index contributed by atoms with van der Waals surface area (Å²) >= 11 is 0. The van der Waals surface area contributed by atoms with Crippen molar-refractivity contribution in [2.24, 2.45) is 0 Å². The maximum absolute atomic E-state index is 2.33. The number of anilines is 1. The van der Waals surface area contributed by atoms with Crippen LogP contribution < -0.4 is 4.90 Å². The topological polar surface area (TPSA) is 3.24 Å². The van der Waals surface area contributed by atoms with E-state index in [1.165, 1.54) is 17.7 Å². The number of hydrogen-bond donors (Lipinski definition) is 0. The van der Waals surface area contributed by atoms with Crippen LogP contribution in [0, 0.1) is 0 Å². The van der Waals surface area contributed by atoms with Gasteiger partial charge in [0.15, 0.2) is 0 Å². The van der Waals surface area contributed by atoms with Crippen LogP contribution in [0.3, 0.4) is 0 Å². The summed E-state index contributed by atoms with van der Waals surface area (Å²) in [6, 6.07) is 8.64. The molecule has 1 nitrogen and oxygen atoms in total. The van der Waals surface area contributed by atoms with E-state index in [-0.39, 0.29) is 0 Å². The molecule has 0 saturated heterocycles. The molecule has 0 unspecified atom stereocenters. The Hall–Kier alpha value is -1.24. The van der Waals surface area contributed by atoms with Gasteiger partial charge < -0.3 is 4.90 Å². The van der Waals surface area contributed by atoms with E-state index in [4.69, 9.17) is 0 Å². The number of benzene rings is 1. The van der Waals surface area contributed by atoms with E-state index < -0.39 is 0 Å². The molecule has 1 aliphatic heterocycles. The highest BCUT2D eigenvalue weighted by Gasteiger charge is 2.09. The average molecular weight is 173 g/mol. The lowest BCUT2D eigenvalue weighted by atomic mass is 10.1. The maximum atomic E-state index is 2.33. The molecule has 0 fully saturated rings. The van der Waals surface area contributed by atoms with E-state index in [1.54, 1.807) is 0 Å². The van der Waals surface area contributed by atoms with Crippen molar-refractivity contribution in [1.82, 2.24) is 0 Å². The number of para-hydroxylation sites is 1. The molecule has 0 atom stereocenters. The van der Waals surface area contributed by atoms with Crippen molar-refractivity contribution in [3.05, 3.63) is 42.1 Å². The second-order valence-electron chi connectivity index (χ2n) is 3.41. The summed E-state index contributed by atoms with van der Waals surface area (Å²) in [5, 5.41) is 0. The third-order valence-electron chi connectivity index (χ3n) is 2.39. The van der Waals surface area contributed by atoms with Crippen LogP contribution in [-0.2, 0) is 6.42 Å². The summed E-state index contributed by atoms with van der Waals surface area (Å²) in [4.78, 5) is 2.33. The molecule has 0 bridgehead atoms. The Bertz CT molecular complexity index is 315. The first kappa shape index (κ1) is 8.36. The standard InChI is InChI=1S/C12H15N/c1-2-9-13-10-5-7-11-6-3-4-8-12(11)13/h3-6,8,10H,2,7,9H2,1H3. The largest absolute Gasteiger partial charge is 0.348 e. The number of hydrogen-bond acceptors (Lipinski definition) is 1. The van der Waals surface area contributed by atoms with Gasteiger partial charge in [0.1, 0.15) is 0 Å². The summed E-state index contributed by atoms with van der Waals surface area (Å²) in [6.45, 7) is 3.33. The van der Waals surface area contributed by atoms with Crippen LogP contribution in [0.25, 0.3) is 0 Å².